The van der Waals surface area contributed by atoms with Crippen molar-refractivity contribution in [3.63, 3.8) is 0 Å². The second-order valence-corrected chi connectivity index (χ2v) is 9.15. The molecule has 4 aromatic heterocycles. The summed E-state index contributed by atoms with van der Waals surface area (Å²) in [7, 11) is 0. The van der Waals surface area contributed by atoms with E-state index in [4.69, 9.17) is 14.4 Å². The van der Waals surface area contributed by atoms with E-state index in [1.807, 2.05) is 26.1 Å². The first-order valence-electron chi connectivity index (χ1n) is 10.5. The lowest BCUT2D eigenvalue weighted by Crippen LogP contribution is -2.25. The van der Waals surface area contributed by atoms with Crippen LogP contribution >= 0.6 is 11.3 Å². The number of hydrogen-bond donors (Lipinski definition) is 2. The summed E-state index contributed by atoms with van der Waals surface area (Å²) in [5.74, 6) is 3.84. The number of fused-ring (bicyclic) bond motifs is 3. The van der Waals surface area contributed by atoms with Gasteiger partial charge in [-0.15, -0.1) is 11.3 Å². The maximum Gasteiger partial charge on any atom is 0.229 e. The Morgan fingerprint density at radius 3 is 3.00 bits per heavy atom. The van der Waals surface area contributed by atoms with Crippen LogP contribution in [0.25, 0.3) is 11.3 Å². The molecular formula is C21H22N8OS. The van der Waals surface area contributed by atoms with Gasteiger partial charge in [-0.3, -0.25) is 5.10 Å². The van der Waals surface area contributed by atoms with Crippen molar-refractivity contribution in [3.8, 4) is 11.3 Å². The Morgan fingerprint density at radius 2 is 2.16 bits per heavy atom. The molecule has 6 rings (SSSR count). The predicted molar refractivity (Wildman–Crippen MR) is 118 cm³/mol. The molecule has 0 aromatic carbocycles. The average molecular weight is 435 g/mol. The number of aromatic nitrogens is 6. The Balaban J connectivity index is 1.28. The summed E-state index contributed by atoms with van der Waals surface area (Å²) in [4.78, 5) is 21.8. The lowest BCUT2D eigenvalue weighted by Gasteiger charge is -2.21. The minimum absolute atomic E-state index is 0.513. The van der Waals surface area contributed by atoms with E-state index in [-0.39, 0.29) is 0 Å². The number of hydrogen-bond acceptors (Lipinski definition) is 9. The molecule has 0 unspecified atom stereocenters. The SMILES string of the molecule is Cc1ccnc(Nc2nc3c(s2)CCN(Cc2nc(C4CC4)oc2C)c2[nH]ncc2-3)n1. The zero-order valence-electron chi connectivity index (χ0n) is 17.3. The number of nitrogens with zero attached hydrogens (tertiary/aromatic N) is 6. The van der Waals surface area contributed by atoms with E-state index in [1.165, 1.54) is 17.7 Å². The van der Waals surface area contributed by atoms with Crippen molar-refractivity contribution in [2.45, 2.75) is 45.6 Å². The molecule has 158 valence electrons. The quantitative estimate of drug-likeness (QED) is 0.483. The number of H-pyrrole nitrogens is 1. The summed E-state index contributed by atoms with van der Waals surface area (Å²) in [6.07, 6.45) is 6.85. The minimum Gasteiger partial charge on any atom is -0.445 e. The van der Waals surface area contributed by atoms with Crippen molar-refractivity contribution in [1.82, 2.24) is 30.1 Å². The third kappa shape index (κ3) is 3.46. The molecule has 31 heavy (non-hydrogen) atoms. The molecule has 1 saturated carbocycles. The van der Waals surface area contributed by atoms with Crippen LogP contribution in [-0.4, -0.2) is 36.7 Å². The number of aromatic amines is 1. The molecule has 0 saturated heterocycles. The first kappa shape index (κ1) is 18.5. The van der Waals surface area contributed by atoms with Crippen LogP contribution in [0, 0.1) is 13.8 Å². The molecule has 9 nitrogen and oxygen atoms in total. The summed E-state index contributed by atoms with van der Waals surface area (Å²) in [6.45, 7) is 5.48. The molecule has 0 radical (unpaired) electrons. The number of thiazole rings is 1. The van der Waals surface area contributed by atoms with Gasteiger partial charge in [-0.05, 0) is 32.8 Å². The van der Waals surface area contributed by atoms with Gasteiger partial charge in [0.25, 0.3) is 0 Å². The summed E-state index contributed by atoms with van der Waals surface area (Å²) in [5.41, 5.74) is 3.88. The third-order valence-corrected chi connectivity index (χ3v) is 6.72. The topological polar surface area (TPSA) is 109 Å². The summed E-state index contributed by atoms with van der Waals surface area (Å²) in [6, 6.07) is 1.87. The molecule has 0 bridgehead atoms. The van der Waals surface area contributed by atoms with Crippen LogP contribution in [-0.2, 0) is 13.0 Å². The van der Waals surface area contributed by atoms with Gasteiger partial charge in [-0.25, -0.2) is 19.9 Å². The van der Waals surface area contributed by atoms with Crippen LogP contribution in [0.5, 0.6) is 0 Å². The molecular weight excluding hydrogens is 412 g/mol. The fourth-order valence-electron chi connectivity index (χ4n) is 3.87. The highest BCUT2D eigenvalue weighted by Crippen LogP contribution is 2.41. The zero-order valence-corrected chi connectivity index (χ0v) is 18.2. The van der Waals surface area contributed by atoms with Crippen LogP contribution in [0.3, 0.4) is 0 Å². The summed E-state index contributed by atoms with van der Waals surface area (Å²) >= 11 is 1.64. The Bertz CT molecular complexity index is 1250. The highest BCUT2D eigenvalue weighted by Gasteiger charge is 2.31. The number of rotatable bonds is 5. The van der Waals surface area contributed by atoms with Gasteiger partial charge in [0.05, 0.1) is 24.0 Å². The fraction of sp³-hybridized carbons (Fsp3) is 0.381. The van der Waals surface area contributed by atoms with E-state index in [9.17, 15) is 0 Å². The van der Waals surface area contributed by atoms with Gasteiger partial charge in [0.1, 0.15) is 17.3 Å². The third-order valence-electron chi connectivity index (χ3n) is 5.69. The van der Waals surface area contributed by atoms with E-state index < -0.39 is 0 Å². The van der Waals surface area contributed by atoms with E-state index >= 15 is 0 Å². The molecule has 1 aliphatic heterocycles. The maximum absolute atomic E-state index is 5.91. The van der Waals surface area contributed by atoms with Crippen molar-refractivity contribution < 1.29 is 4.42 Å². The monoisotopic (exact) mass is 434 g/mol. The molecule has 2 N–H and O–H groups in total. The lowest BCUT2D eigenvalue weighted by atomic mass is 10.2. The maximum atomic E-state index is 5.91. The Kier molecular flexibility index (Phi) is 4.27. The summed E-state index contributed by atoms with van der Waals surface area (Å²) < 4.78 is 5.91. The number of anilines is 3. The molecule has 0 spiro atoms. The zero-order chi connectivity index (χ0) is 20.9. The Hall–Kier alpha value is -3.27. The lowest BCUT2D eigenvalue weighted by molar-refractivity contribution is 0.472. The van der Waals surface area contributed by atoms with E-state index in [2.05, 4.69) is 30.4 Å². The van der Waals surface area contributed by atoms with Crippen molar-refractivity contribution in [2.24, 2.45) is 0 Å². The van der Waals surface area contributed by atoms with Crippen molar-refractivity contribution in [3.05, 3.63) is 46.4 Å². The highest BCUT2D eigenvalue weighted by molar-refractivity contribution is 7.16. The molecule has 0 atom stereocenters. The van der Waals surface area contributed by atoms with Gasteiger partial charge < -0.3 is 14.6 Å². The predicted octanol–water partition coefficient (Wildman–Crippen LogP) is 4.11. The molecule has 2 aliphatic rings. The van der Waals surface area contributed by atoms with E-state index in [1.54, 1.807) is 17.5 Å². The highest BCUT2D eigenvalue weighted by atomic mass is 32.1. The molecule has 10 heteroatoms. The van der Waals surface area contributed by atoms with Crippen LogP contribution in [0.15, 0.2) is 22.9 Å². The normalized spacial score (nSPS) is 15.5. The molecule has 4 aromatic rings. The van der Waals surface area contributed by atoms with Gasteiger partial charge in [-0.2, -0.15) is 5.10 Å². The Labute approximate surface area is 183 Å². The summed E-state index contributed by atoms with van der Waals surface area (Å²) in [5, 5.41) is 11.5. The van der Waals surface area contributed by atoms with Crippen LogP contribution in [0.4, 0.5) is 16.9 Å². The first-order valence-corrected chi connectivity index (χ1v) is 11.3. The minimum atomic E-state index is 0.513. The van der Waals surface area contributed by atoms with Crippen LogP contribution in [0.2, 0.25) is 0 Å². The largest absolute Gasteiger partial charge is 0.445 e. The van der Waals surface area contributed by atoms with Gasteiger partial charge in [-0.1, -0.05) is 0 Å². The molecule has 1 fully saturated rings. The van der Waals surface area contributed by atoms with Crippen molar-refractivity contribution >= 4 is 28.2 Å². The van der Waals surface area contributed by atoms with E-state index in [0.29, 0.717) is 18.4 Å². The smallest absolute Gasteiger partial charge is 0.229 e. The second-order valence-electron chi connectivity index (χ2n) is 8.07. The van der Waals surface area contributed by atoms with Crippen LogP contribution in [0.1, 0.15) is 46.7 Å². The van der Waals surface area contributed by atoms with E-state index in [0.717, 1.165) is 58.2 Å². The van der Waals surface area contributed by atoms with Gasteiger partial charge in [0.2, 0.25) is 5.95 Å². The number of aryl methyl sites for hydroxylation is 2. The fourth-order valence-corrected chi connectivity index (χ4v) is 4.83. The van der Waals surface area contributed by atoms with Gasteiger partial charge in [0, 0.05) is 35.7 Å². The molecule has 0 amide bonds. The van der Waals surface area contributed by atoms with Crippen molar-refractivity contribution in [1.29, 1.82) is 0 Å². The van der Waals surface area contributed by atoms with Gasteiger partial charge >= 0.3 is 0 Å². The van der Waals surface area contributed by atoms with Crippen LogP contribution < -0.4 is 10.2 Å². The number of nitrogens with one attached hydrogen (secondary N) is 2. The van der Waals surface area contributed by atoms with Gasteiger partial charge in [0.15, 0.2) is 11.0 Å². The first-order chi connectivity index (χ1) is 15.1. The molecule has 1 aliphatic carbocycles. The average Bonchev–Trinajstić information content (AvgIpc) is 3.22. The molecule has 5 heterocycles. The second kappa shape index (κ2) is 7.16. The standard InChI is InChI=1S/C21H22N8OS/c1-11-5-7-22-20(24-11)27-21-26-17-14-9-23-28-18(14)29(8-6-16(17)31-21)10-15-12(2)30-19(25-15)13-3-4-13/h5,7,9,13H,3-4,6,8,10H2,1-2H3,(H,23,28)(H,22,24,26,27). The number of oxazole rings is 1. The van der Waals surface area contributed by atoms with Crippen molar-refractivity contribution in [2.75, 3.05) is 16.8 Å². The Morgan fingerprint density at radius 1 is 1.26 bits per heavy atom.